The smallest absolute Gasteiger partial charge is 0.411 e. The number of carbonyl (C=O) groups is 1. The van der Waals surface area contributed by atoms with Crippen molar-refractivity contribution in [2.24, 2.45) is 0 Å². The lowest BCUT2D eigenvalue weighted by atomic mass is 9.90. The second-order valence-corrected chi connectivity index (χ2v) is 8.49. The van der Waals surface area contributed by atoms with Gasteiger partial charge < -0.3 is 9.47 Å². The molecule has 2 aromatic carbocycles. The van der Waals surface area contributed by atoms with E-state index in [1.165, 1.54) is 5.57 Å². The van der Waals surface area contributed by atoms with Gasteiger partial charge in [-0.3, -0.25) is 4.90 Å². The van der Waals surface area contributed by atoms with Crippen LogP contribution in [0.25, 0.3) is 11.3 Å². The summed E-state index contributed by atoms with van der Waals surface area (Å²) in [5, 5.41) is 4.61. The Bertz CT molecular complexity index is 1150. The minimum Gasteiger partial charge on any atom is -0.445 e. The van der Waals surface area contributed by atoms with Crippen molar-refractivity contribution in [3.8, 4) is 5.69 Å². The third-order valence-corrected chi connectivity index (χ3v) is 6.09. The van der Waals surface area contributed by atoms with Gasteiger partial charge in [-0.1, -0.05) is 48.5 Å². The Kier molecular flexibility index (Phi) is 5.53. The molecule has 2 bridgehead atoms. The maximum absolute atomic E-state index is 12.9. The van der Waals surface area contributed by atoms with Crippen LogP contribution >= 0.6 is 0 Å². The summed E-state index contributed by atoms with van der Waals surface area (Å²) in [6, 6.07) is 20.1. The Morgan fingerprint density at radius 1 is 1.09 bits per heavy atom. The van der Waals surface area contributed by atoms with E-state index in [0.717, 1.165) is 34.6 Å². The number of rotatable bonds is 4. The normalized spacial score (nSPS) is 20.1. The monoisotopic (exact) mass is 429 g/mol. The number of benzene rings is 2. The first kappa shape index (κ1) is 20.5. The van der Waals surface area contributed by atoms with Crippen molar-refractivity contribution in [3.05, 3.63) is 89.3 Å². The van der Waals surface area contributed by atoms with Gasteiger partial charge >= 0.3 is 6.09 Å². The molecule has 5 rings (SSSR count). The Hall–Kier alpha value is -3.38. The molecule has 6 nitrogen and oxygen atoms in total. The average molecular weight is 430 g/mol. The number of aromatic nitrogens is 2. The number of carbonyl (C=O) groups excluding carboxylic acids is 1. The highest BCUT2D eigenvalue weighted by Gasteiger charge is 2.39. The summed E-state index contributed by atoms with van der Waals surface area (Å²) >= 11 is 0. The molecular weight excluding hydrogens is 402 g/mol. The molecule has 0 saturated carbocycles. The van der Waals surface area contributed by atoms with Crippen molar-refractivity contribution >= 4 is 11.7 Å². The zero-order valence-electron chi connectivity index (χ0n) is 18.4. The Morgan fingerprint density at radius 3 is 2.69 bits per heavy atom. The summed E-state index contributed by atoms with van der Waals surface area (Å²) in [5.74, 6) is 0. The molecule has 1 amide bonds. The van der Waals surface area contributed by atoms with E-state index in [1.54, 1.807) is 0 Å². The molecule has 164 valence electrons. The summed E-state index contributed by atoms with van der Waals surface area (Å²) in [7, 11) is 0. The molecule has 3 aromatic rings. The van der Waals surface area contributed by atoms with Gasteiger partial charge in [0.05, 0.1) is 36.7 Å². The van der Waals surface area contributed by atoms with Crippen molar-refractivity contribution < 1.29 is 14.3 Å². The number of hydrogen-bond acceptors (Lipinski definition) is 4. The zero-order chi connectivity index (χ0) is 22.1. The highest BCUT2D eigenvalue weighted by atomic mass is 16.6. The van der Waals surface area contributed by atoms with Crippen LogP contribution in [0.2, 0.25) is 0 Å². The standard InChI is InChI=1S/C26H27N3O3/c1-18-11-19(2)29(27-18)23-10-6-9-21(12-23)22-13-24-16-31-17-25(14-22)28(24)26(30)32-15-20-7-4-3-5-8-20/h3-13,24-25H,14-17H2,1-2H3. The van der Waals surface area contributed by atoms with E-state index >= 15 is 0 Å². The zero-order valence-corrected chi connectivity index (χ0v) is 18.4. The summed E-state index contributed by atoms with van der Waals surface area (Å²) in [5.41, 5.74) is 6.52. The van der Waals surface area contributed by atoms with E-state index < -0.39 is 0 Å². The van der Waals surface area contributed by atoms with Crippen LogP contribution in [0.1, 0.15) is 28.9 Å². The first-order chi connectivity index (χ1) is 15.6. The first-order valence-electron chi connectivity index (χ1n) is 11.0. The molecule has 2 aliphatic rings. The number of hydrogen-bond donors (Lipinski definition) is 0. The number of morpholine rings is 1. The lowest BCUT2D eigenvalue weighted by molar-refractivity contribution is -0.0342. The van der Waals surface area contributed by atoms with E-state index in [4.69, 9.17) is 9.47 Å². The molecule has 2 aliphatic heterocycles. The maximum Gasteiger partial charge on any atom is 0.411 e. The van der Waals surface area contributed by atoms with Crippen LogP contribution in [-0.2, 0) is 16.1 Å². The molecule has 0 N–H and O–H groups in total. The van der Waals surface area contributed by atoms with E-state index in [2.05, 4.69) is 48.4 Å². The van der Waals surface area contributed by atoms with Crippen LogP contribution in [0.4, 0.5) is 4.79 Å². The van der Waals surface area contributed by atoms with Gasteiger partial charge in [-0.2, -0.15) is 5.10 Å². The fourth-order valence-electron chi connectivity index (χ4n) is 4.62. The van der Waals surface area contributed by atoms with Crippen LogP contribution in [0.5, 0.6) is 0 Å². The van der Waals surface area contributed by atoms with Gasteiger partial charge in [0.15, 0.2) is 0 Å². The molecule has 32 heavy (non-hydrogen) atoms. The Labute approximate surface area is 188 Å². The van der Waals surface area contributed by atoms with Crippen LogP contribution in [0.3, 0.4) is 0 Å². The second kappa shape index (κ2) is 8.63. The third kappa shape index (κ3) is 4.06. The van der Waals surface area contributed by atoms with Crippen molar-refractivity contribution in [3.63, 3.8) is 0 Å². The summed E-state index contributed by atoms with van der Waals surface area (Å²) < 4.78 is 13.4. The second-order valence-electron chi connectivity index (χ2n) is 8.49. The fraction of sp³-hybridized carbons (Fsp3) is 0.308. The Morgan fingerprint density at radius 2 is 1.94 bits per heavy atom. The minimum absolute atomic E-state index is 0.0330. The van der Waals surface area contributed by atoms with Gasteiger partial charge in [-0.25, -0.2) is 9.48 Å². The van der Waals surface area contributed by atoms with Crippen LogP contribution < -0.4 is 0 Å². The molecule has 1 aromatic heterocycles. The van der Waals surface area contributed by atoms with Crippen LogP contribution in [0.15, 0.2) is 66.7 Å². The number of fused-ring (bicyclic) bond motifs is 2. The van der Waals surface area contributed by atoms with E-state index in [0.29, 0.717) is 13.2 Å². The lowest BCUT2D eigenvalue weighted by Crippen LogP contribution is -2.56. The Balaban J connectivity index is 1.36. The number of ether oxygens (including phenoxy) is 2. The van der Waals surface area contributed by atoms with Gasteiger partial charge in [0.2, 0.25) is 0 Å². The quantitative estimate of drug-likeness (QED) is 0.604. The van der Waals surface area contributed by atoms with E-state index in [-0.39, 0.29) is 24.8 Å². The molecule has 0 spiro atoms. The van der Waals surface area contributed by atoms with Crippen molar-refractivity contribution in [2.75, 3.05) is 13.2 Å². The fourth-order valence-corrected chi connectivity index (χ4v) is 4.62. The predicted molar refractivity (Wildman–Crippen MR) is 122 cm³/mol. The van der Waals surface area contributed by atoms with Crippen molar-refractivity contribution in [1.82, 2.24) is 14.7 Å². The topological polar surface area (TPSA) is 56.6 Å². The number of aryl methyl sites for hydroxylation is 2. The van der Waals surface area contributed by atoms with Crippen molar-refractivity contribution in [2.45, 2.75) is 39.0 Å². The lowest BCUT2D eigenvalue weighted by Gasteiger charge is -2.43. The predicted octanol–water partition coefficient (Wildman–Crippen LogP) is 4.68. The first-order valence-corrected chi connectivity index (χ1v) is 11.0. The number of nitrogens with zero attached hydrogens (tertiary/aromatic N) is 3. The molecule has 1 fully saturated rings. The number of amides is 1. The SMILES string of the molecule is Cc1cc(C)n(-c2cccc(C3=CC4COCC(C3)N4C(=O)OCc3ccccc3)c2)n1. The third-order valence-electron chi connectivity index (χ3n) is 6.09. The molecular formula is C26H27N3O3. The maximum atomic E-state index is 12.9. The molecule has 1 saturated heterocycles. The van der Waals surface area contributed by atoms with Gasteiger partial charge in [0.25, 0.3) is 0 Å². The highest BCUT2D eigenvalue weighted by molar-refractivity contribution is 5.75. The van der Waals surface area contributed by atoms with Gasteiger partial charge in [-0.15, -0.1) is 0 Å². The molecule has 2 unspecified atom stereocenters. The minimum atomic E-state index is -0.279. The molecule has 0 radical (unpaired) electrons. The highest BCUT2D eigenvalue weighted by Crippen LogP contribution is 2.33. The molecule has 3 heterocycles. The van der Waals surface area contributed by atoms with E-state index in [1.807, 2.05) is 46.8 Å². The van der Waals surface area contributed by atoms with Crippen LogP contribution in [0, 0.1) is 13.8 Å². The largest absolute Gasteiger partial charge is 0.445 e. The molecule has 2 atom stereocenters. The summed E-state index contributed by atoms with van der Waals surface area (Å²) in [6.07, 6.45) is 2.61. The van der Waals surface area contributed by atoms with Crippen molar-refractivity contribution in [1.29, 1.82) is 0 Å². The molecule has 0 aliphatic carbocycles. The van der Waals surface area contributed by atoms with Gasteiger partial charge in [0.1, 0.15) is 6.61 Å². The summed E-state index contributed by atoms with van der Waals surface area (Å²) in [6.45, 7) is 5.34. The van der Waals surface area contributed by atoms with Gasteiger partial charge in [-0.05, 0) is 55.2 Å². The van der Waals surface area contributed by atoms with E-state index in [9.17, 15) is 4.79 Å². The molecule has 6 heteroatoms. The van der Waals surface area contributed by atoms with Crippen LogP contribution in [-0.4, -0.2) is 46.1 Å². The average Bonchev–Trinajstić information content (AvgIpc) is 3.15. The van der Waals surface area contributed by atoms with Gasteiger partial charge in [0, 0.05) is 5.69 Å². The summed E-state index contributed by atoms with van der Waals surface area (Å²) in [4.78, 5) is 14.8.